The largest absolute Gasteiger partial charge is 0.345 e. The minimum atomic E-state index is -0.253. The Bertz CT molecular complexity index is 1200. The van der Waals surface area contributed by atoms with E-state index < -0.39 is 0 Å². The molecule has 0 aliphatic heterocycles. The van der Waals surface area contributed by atoms with Gasteiger partial charge in [-0.1, -0.05) is 62.8 Å². The molecule has 0 radical (unpaired) electrons. The summed E-state index contributed by atoms with van der Waals surface area (Å²) in [7, 11) is 0. The van der Waals surface area contributed by atoms with Crippen molar-refractivity contribution in [1.82, 2.24) is 14.4 Å². The van der Waals surface area contributed by atoms with Gasteiger partial charge in [0.15, 0.2) is 0 Å². The Balaban J connectivity index is 1.54. The van der Waals surface area contributed by atoms with E-state index in [-0.39, 0.29) is 30.2 Å². The molecule has 1 aromatic heterocycles. The first-order valence-corrected chi connectivity index (χ1v) is 14.5. The summed E-state index contributed by atoms with van der Waals surface area (Å²) in [5.74, 6) is -0.410. The summed E-state index contributed by atoms with van der Waals surface area (Å²) < 4.78 is 15.5. The first-order valence-electron chi connectivity index (χ1n) is 14.2. The molecular formula is C32H39ClFN3O2. The topological polar surface area (TPSA) is 45.6 Å². The molecule has 5 nitrogen and oxygen atoms in total. The van der Waals surface area contributed by atoms with Crippen LogP contribution in [0.15, 0.2) is 66.9 Å². The fraction of sp³-hybridized carbons (Fsp3) is 0.438. The van der Waals surface area contributed by atoms with Crippen LogP contribution in [0.1, 0.15) is 79.9 Å². The van der Waals surface area contributed by atoms with Crippen LogP contribution in [0.3, 0.4) is 0 Å². The maximum atomic E-state index is 14.0. The summed E-state index contributed by atoms with van der Waals surface area (Å²) in [5, 5.41) is 0.576. The van der Waals surface area contributed by atoms with Crippen molar-refractivity contribution in [3.63, 3.8) is 0 Å². The summed E-state index contributed by atoms with van der Waals surface area (Å²) in [6.07, 6.45) is 10.3. The number of amides is 2. The molecule has 7 heteroatoms. The highest BCUT2D eigenvalue weighted by molar-refractivity contribution is 6.30. The Labute approximate surface area is 236 Å². The summed E-state index contributed by atoms with van der Waals surface area (Å²) >= 11 is 6.04. The first-order chi connectivity index (χ1) is 18.9. The molecule has 1 fully saturated rings. The minimum Gasteiger partial charge on any atom is -0.345 e. The van der Waals surface area contributed by atoms with Crippen LogP contribution in [-0.2, 0) is 17.9 Å². The Kier molecular flexibility index (Phi) is 10.6. The van der Waals surface area contributed by atoms with Gasteiger partial charge in [0.05, 0.1) is 6.54 Å². The highest BCUT2D eigenvalue weighted by Crippen LogP contribution is 2.25. The molecule has 0 unspecified atom stereocenters. The third-order valence-corrected chi connectivity index (χ3v) is 7.85. The number of carbonyl (C=O) groups is 2. The van der Waals surface area contributed by atoms with Crippen molar-refractivity contribution >= 4 is 23.4 Å². The number of unbranched alkanes of at least 4 members (excludes halogenated alkanes) is 2. The SMILES string of the molecule is CCCCCN(CC(=O)N(Cc1cccn1Cc1ccc(F)cc1)C1CCCCC1)C(=O)c1ccc(Cl)cc1. The van der Waals surface area contributed by atoms with Gasteiger partial charge >= 0.3 is 0 Å². The van der Waals surface area contributed by atoms with Crippen LogP contribution in [-0.4, -0.2) is 45.3 Å². The zero-order valence-electron chi connectivity index (χ0n) is 22.8. The second kappa shape index (κ2) is 14.3. The van der Waals surface area contributed by atoms with Crippen molar-refractivity contribution in [3.05, 3.63) is 94.5 Å². The van der Waals surface area contributed by atoms with Gasteiger partial charge in [0.2, 0.25) is 5.91 Å². The van der Waals surface area contributed by atoms with Gasteiger partial charge < -0.3 is 14.4 Å². The first kappa shape index (κ1) is 28.9. The highest BCUT2D eigenvalue weighted by Gasteiger charge is 2.29. The summed E-state index contributed by atoms with van der Waals surface area (Å²) in [5.41, 5.74) is 2.57. The monoisotopic (exact) mass is 551 g/mol. The van der Waals surface area contributed by atoms with Crippen LogP contribution in [0.25, 0.3) is 0 Å². The van der Waals surface area contributed by atoms with E-state index in [1.807, 2.05) is 23.2 Å². The van der Waals surface area contributed by atoms with Gasteiger partial charge in [-0.2, -0.15) is 0 Å². The average Bonchev–Trinajstić information content (AvgIpc) is 3.39. The smallest absolute Gasteiger partial charge is 0.254 e. The highest BCUT2D eigenvalue weighted by atomic mass is 35.5. The van der Waals surface area contributed by atoms with E-state index in [0.717, 1.165) is 56.2 Å². The van der Waals surface area contributed by atoms with Crippen LogP contribution < -0.4 is 0 Å². The maximum Gasteiger partial charge on any atom is 0.254 e. The molecule has 1 aliphatic carbocycles. The lowest BCUT2D eigenvalue weighted by molar-refractivity contribution is -0.135. The standard InChI is InChI=1S/C32H39ClFN3O2/c1-2-3-7-20-36(32(39)26-14-16-27(33)17-15-26)24-31(38)37(29-9-5-4-6-10-29)23-30-11-8-21-35(30)22-25-12-18-28(34)19-13-25/h8,11-19,21,29H,2-7,9-10,20,22-24H2,1H3. The molecule has 3 aromatic rings. The number of rotatable bonds is 12. The van der Waals surface area contributed by atoms with E-state index in [2.05, 4.69) is 11.5 Å². The molecule has 208 valence electrons. The van der Waals surface area contributed by atoms with Crippen molar-refractivity contribution in [3.8, 4) is 0 Å². The number of hydrogen-bond donors (Lipinski definition) is 0. The lowest BCUT2D eigenvalue weighted by Crippen LogP contribution is -2.47. The molecule has 0 atom stereocenters. The third kappa shape index (κ3) is 8.18. The molecule has 39 heavy (non-hydrogen) atoms. The van der Waals surface area contributed by atoms with E-state index in [1.165, 1.54) is 18.6 Å². The molecule has 0 saturated heterocycles. The number of aromatic nitrogens is 1. The fourth-order valence-corrected chi connectivity index (χ4v) is 5.48. The molecule has 1 saturated carbocycles. The number of halogens is 2. The van der Waals surface area contributed by atoms with Gasteiger partial charge in [-0.05, 0) is 73.4 Å². The Morgan fingerprint density at radius 2 is 1.69 bits per heavy atom. The number of carbonyl (C=O) groups excluding carboxylic acids is 2. The van der Waals surface area contributed by atoms with E-state index in [1.54, 1.807) is 41.3 Å². The van der Waals surface area contributed by atoms with Gasteiger partial charge in [-0.15, -0.1) is 0 Å². The molecule has 2 aromatic carbocycles. The van der Waals surface area contributed by atoms with E-state index in [0.29, 0.717) is 30.2 Å². The predicted octanol–water partition coefficient (Wildman–Crippen LogP) is 7.32. The molecule has 4 rings (SSSR count). The van der Waals surface area contributed by atoms with E-state index in [9.17, 15) is 14.0 Å². The summed E-state index contributed by atoms with van der Waals surface area (Å²) in [6, 6.07) is 17.6. The normalized spacial score (nSPS) is 13.8. The Morgan fingerprint density at radius 3 is 2.38 bits per heavy atom. The van der Waals surface area contributed by atoms with Gasteiger partial charge in [-0.3, -0.25) is 9.59 Å². The molecule has 0 bridgehead atoms. The van der Waals surface area contributed by atoms with Gasteiger partial charge in [0.1, 0.15) is 12.4 Å². The fourth-order valence-electron chi connectivity index (χ4n) is 5.36. The Morgan fingerprint density at radius 1 is 0.974 bits per heavy atom. The molecule has 0 spiro atoms. The zero-order valence-corrected chi connectivity index (χ0v) is 23.6. The van der Waals surface area contributed by atoms with Gasteiger partial charge in [-0.25, -0.2) is 4.39 Å². The second-order valence-corrected chi connectivity index (χ2v) is 10.9. The average molecular weight is 552 g/mol. The lowest BCUT2D eigenvalue weighted by atomic mass is 9.94. The van der Waals surface area contributed by atoms with Crippen LogP contribution >= 0.6 is 11.6 Å². The van der Waals surface area contributed by atoms with E-state index >= 15 is 0 Å². The number of nitrogens with zero attached hydrogens (tertiary/aromatic N) is 3. The van der Waals surface area contributed by atoms with Crippen LogP contribution in [0, 0.1) is 5.82 Å². The predicted molar refractivity (Wildman–Crippen MR) is 154 cm³/mol. The van der Waals surface area contributed by atoms with Crippen LogP contribution in [0.4, 0.5) is 4.39 Å². The van der Waals surface area contributed by atoms with Crippen molar-refractivity contribution in [2.45, 2.75) is 77.4 Å². The van der Waals surface area contributed by atoms with Crippen molar-refractivity contribution < 1.29 is 14.0 Å². The van der Waals surface area contributed by atoms with Gasteiger partial charge in [0.25, 0.3) is 5.91 Å². The summed E-state index contributed by atoms with van der Waals surface area (Å²) in [4.78, 5) is 31.1. The quantitative estimate of drug-likeness (QED) is 0.221. The zero-order chi connectivity index (χ0) is 27.6. The van der Waals surface area contributed by atoms with Crippen molar-refractivity contribution in [2.75, 3.05) is 13.1 Å². The van der Waals surface area contributed by atoms with Gasteiger partial charge in [0, 0.05) is 41.6 Å². The maximum absolute atomic E-state index is 14.0. The van der Waals surface area contributed by atoms with Crippen molar-refractivity contribution in [2.24, 2.45) is 0 Å². The van der Waals surface area contributed by atoms with Crippen LogP contribution in [0.2, 0.25) is 5.02 Å². The molecule has 1 aliphatic rings. The Hall–Kier alpha value is -3.12. The number of benzene rings is 2. The van der Waals surface area contributed by atoms with Crippen LogP contribution in [0.5, 0.6) is 0 Å². The van der Waals surface area contributed by atoms with E-state index in [4.69, 9.17) is 11.6 Å². The number of hydrogen-bond acceptors (Lipinski definition) is 2. The summed E-state index contributed by atoms with van der Waals surface area (Å²) in [6.45, 7) is 3.81. The molecular weight excluding hydrogens is 513 g/mol. The third-order valence-electron chi connectivity index (χ3n) is 7.59. The molecule has 1 heterocycles. The van der Waals surface area contributed by atoms with Crippen molar-refractivity contribution in [1.29, 1.82) is 0 Å². The molecule has 2 amide bonds. The minimum absolute atomic E-state index is 0.0183. The second-order valence-electron chi connectivity index (χ2n) is 10.5. The lowest BCUT2D eigenvalue weighted by Gasteiger charge is -2.36. The molecule has 0 N–H and O–H groups in total.